The van der Waals surface area contributed by atoms with Gasteiger partial charge in [0.15, 0.2) is 5.82 Å². The van der Waals surface area contributed by atoms with Gasteiger partial charge in [-0.1, -0.05) is 0 Å². The van der Waals surface area contributed by atoms with Gasteiger partial charge in [0.05, 0.1) is 12.8 Å². The minimum absolute atomic E-state index is 0.146. The summed E-state index contributed by atoms with van der Waals surface area (Å²) in [5.41, 5.74) is 11.5. The number of aliphatic imine (C=N–C) groups is 1. The smallest absolute Gasteiger partial charge is 0.155 e. The van der Waals surface area contributed by atoms with E-state index in [9.17, 15) is 8.78 Å². The molecule has 0 saturated heterocycles. The van der Waals surface area contributed by atoms with E-state index >= 15 is 0 Å². The average Bonchev–Trinajstić information content (AvgIpc) is 2.61. The number of hydrogen-bond acceptors (Lipinski definition) is 4. The van der Waals surface area contributed by atoms with Gasteiger partial charge in [0.1, 0.15) is 23.2 Å². The second-order valence-corrected chi connectivity index (χ2v) is 5.44. The molecule has 0 bridgehead atoms. The second-order valence-electron chi connectivity index (χ2n) is 5.44. The zero-order valence-corrected chi connectivity index (χ0v) is 13.9. The normalized spacial score (nSPS) is 12.0. The summed E-state index contributed by atoms with van der Waals surface area (Å²) in [5.74, 6) is -0.346. The van der Waals surface area contributed by atoms with E-state index in [-0.39, 0.29) is 17.2 Å². The number of nitrogens with zero attached hydrogens (tertiary/aromatic N) is 2. The fourth-order valence-corrected chi connectivity index (χ4v) is 2.56. The average molecular weight is 354 g/mol. The molecule has 0 aliphatic rings. The van der Waals surface area contributed by atoms with Crippen LogP contribution in [0.2, 0.25) is 0 Å². The molecule has 1 heterocycles. The Balaban J connectivity index is 2.30. The summed E-state index contributed by atoms with van der Waals surface area (Å²) in [7, 11) is 1.55. The highest BCUT2D eigenvalue weighted by atomic mass is 19.1. The molecule has 5 nitrogen and oxygen atoms in total. The Morgan fingerprint density at radius 2 is 1.96 bits per heavy atom. The van der Waals surface area contributed by atoms with Gasteiger partial charge in [0, 0.05) is 17.0 Å². The summed E-state index contributed by atoms with van der Waals surface area (Å²) >= 11 is 0. The van der Waals surface area contributed by atoms with Crippen molar-refractivity contribution in [3.63, 3.8) is 0 Å². The van der Waals surface area contributed by atoms with Crippen LogP contribution >= 0.6 is 0 Å². The van der Waals surface area contributed by atoms with E-state index in [1.807, 2.05) is 0 Å². The highest BCUT2D eigenvalue weighted by Gasteiger charge is 2.14. The van der Waals surface area contributed by atoms with Crippen LogP contribution in [0.15, 0.2) is 59.7 Å². The largest absolute Gasteiger partial charge is 0.497 e. The maximum absolute atomic E-state index is 14.3. The van der Waals surface area contributed by atoms with E-state index < -0.39 is 11.6 Å². The van der Waals surface area contributed by atoms with Crippen LogP contribution in [0.4, 0.5) is 14.6 Å². The number of rotatable bonds is 4. The minimum Gasteiger partial charge on any atom is -0.497 e. The van der Waals surface area contributed by atoms with Crippen LogP contribution in [-0.2, 0) is 0 Å². The van der Waals surface area contributed by atoms with Gasteiger partial charge >= 0.3 is 0 Å². The van der Waals surface area contributed by atoms with Crippen molar-refractivity contribution in [1.82, 2.24) is 4.98 Å². The third-order valence-corrected chi connectivity index (χ3v) is 3.72. The highest BCUT2D eigenvalue weighted by Crippen LogP contribution is 2.33. The summed E-state index contributed by atoms with van der Waals surface area (Å²) in [6.45, 7) is 0. The second kappa shape index (κ2) is 7.18. The first-order valence-corrected chi connectivity index (χ1v) is 7.68. The summed E-state index contributed by atoms with van der Waals surface area (Å²) in [6.07, 6.45) is 2.67. The lowest BCUT2D eigenvalue weighted by Gasteiger charge is -2.10. The van der Waals surface area contributed by atoms with Crippen LogP contribution in [0.1, 0.15) is 0 Å². The molecule has 0 amide bonds. The van der Waals surface area contributed by atoms with Gasteiger partial charge in [-0.2, -0.15) is 0 Å². The van der Waals surface area contributed by atoms with Crippen LogP contribution in [0.25, 0.3) is 22.0 Å². The van der Waals surface area contributed by atoms with Crippen molar-refractivity contribution < 1.29 is 13.5 Å². The zero-order valence-electron chi connectivity index (χ0n) is 13.9. The molecule has 0 unspecified atom stereocenters. The Morgan fingerprint density at radius 3 is 2.65 bits per heavy atom. The minimum atomic E-state index is -0.717. The maximum atomic E-state index is 14.3. The van der Waals surface area contributed by atoms with E-state index in [1.165, 1.54) is 24.4 Å². The third-order valence-electron chi connectivity index (χ3n) is 3.72. The van der Waals surface area contributed by atoms with Gasteiger partial charge in [-0.25, -0.2) is 18.8 Å². The van der Waals surface area contributed by atoms with E-state index in [2.05, 4.69) is 9.98 Å². The topological polar surface area (TPSA) is 86.5 Å². The first-order valence-electron chi connectivity index (χ1n) is 7.68. The lowest BCUT2D eigenvalue weighted by molar-refractivity contribution is 0.415. The van der Waals surface area contributed by atoms with Gasteiger partial charge in [-0.05, 0) is 54.1 Å². The van der Waals surface area contributed by atoms with E-state index in [1.54, 1.807) is 31.4 Å². The van der Waals surface area contributed by atoms with Crippen LogP contribution in [0.5, 0.6) is 5.75 Å². The number of hydrogen-bond donors (Lipinski definition) is 2. The number of amidine groups is 1. The Hall–Kier alpha value is -3.48. The molecule has 0 atom stereocenters. The van der Waals surface area contributed by atoms with E-state index in [0.29, 0.717) is 16.8 Å². The molecule has 1 aromatic heterocycles. The lowest BCUT2D eigenvalue weighted by Crippen LogP contribution is -2.08. The molecule has 0 fully saturated rings. The third kappa shape index (κ3) is 3.46. The van der Waals surface area contributed by atoms with Crippen molar-refractivity contribution in [2.75, 3.05) is 7.11 Å². The summed E-state index contributed by atoms with van der Waals surface area (Å²) < 4.78 is 32.8. The van der Waals surface area contributed by atoms with Crippen molar-refractivity contribution in [1.29, 1.82) is 0 Å². The SMILES string of the molecule is COc1ccc2c(-c3ccc(F)cc3F)nc(N=C(N)/C=C\N)cc2c1. The van der Waals surface area contributed by atoms with Crippen molar-refractivity contribution in [3.05, 3.63) is 66.4 Å². The molecule has 0 radical (unpaired) electrons. The quantitative estimate of drug-likeness (QED) is 0.553. The summed E-state index contributed by atoms with van der Waals surface area (Å²) in [5, 5.41) is 1.39. The first-order chi connectivity index (χ1) is 12.5. The van der Waals surface area contributed by atoms with E-state index in [0.717, 1.165) is 11.5 Å². The number of fused-ring (bicyclic) bond motifs is 1. The Labute approximate surface area is 148 Å². The zero-order chi connectivity index (χ0) is 18.7. The van der Waals surface area contributed by atoms with Gasteiger partial charge < -0.3 is 16.2 Å². The molecule has 4 N–H and O–H groups in total. The monoisotopic (exact) mass is 354 g/mol. The Bertz CT molecular complexity index is 1030. The van der Waals surface area contributed by atoms with Gasteiger partial charge in [-0.3, -0.25) is 0 Å². The molecule has 132 valence electrons. The predicted molar refractivity (Wildman–Crippen MR) is 98.3 cm³/mol. The number of aromatic nitrogens is 1. The van der Waals surface area contributed by atoms with Gasteiger partial charge in [0.25, 0.3) is 0 Å². The van der Waals surface area contributed by atoms with Gasteiger partial charge in [0.2, 0.25) is 0 Å². The van der Waals surface area contributed by atoms with Crippen LogP contribution in [0.3, 0.4) is 0 Å². The summed E-state index contributed by atoms with van der Waals surface area (Å²) in [4.78, 5) is 8.56. The standard InChI is InChI=1S/C19H16F2N4O/c1-26-13-3-5-14-11(8-13)9-18(24-17(23)6-7-22)25-19(14)15-4-2-12(20)10-16(15)21/h2-10H,22H2,1H3,(H2,23,24,25)/b7-6-. The number of methoxy groups -OCH3 is 1. The fourth-order valence-electron chi connectivity index (χ4n) is 2.56. The number of pyridine rings is 1. The van der Waals surface area contributed by atoms with Crippen molar-refractivity contribution in [3.8, 4) is 17.0 Å². The number of nitrogens with two attached hydrogens (primary N) is 2. The van der Waals surface area contributed by atoms with E-state index in [4.69, 9.17) is 16.2 Å². The molecular formula is C19H16F2N4O. The number of ether oxygens (including phenoxy) is 1. The molecule has 0 saturated carbocycles. The molecular weight excluding hydrogens is 338 g/mol. The molecule has 26 heavy (non-hydrogen) atoms. The molecule has 0 aliphatic heterocycles. The Morgan fingerprint density at radius 1 is 1.15 bits per heavy atom. The van der Waals surface area contributed by atoms with Crippen molar-refractivity contribution in [2.24, 2.45) is 16.5 Å². The summed E-state index contributed by atoms with van der Waals surface area (Å²) in [6, 6.07) is 10.3. The van der Waals surface area contributed by atoms with Crippen LogP contribution in [-0.4, -0.2) is 17.9 Å². The highest BCUT2D eigenvalue weighted by molar-refractivity contribution is 5.98. The van der Waals surface area contributed by atoms with Crippen LogP contribution in [0, 0.1) is 11.6 Å². The lowest BCUT2D eigenvalue weighted by atomic mass is 10.0. The van der Waals surface area contributed by atoms with Gasteiger partial charge in [-0.15, -0.1) is 0 Å². The fraction of sp³-hybridized carbons (Fsp3) is 0.0526. The maximum Gasteiger partial charge on any atom is 0.155 e. The number of halogens is 2. The number of benzene rings is 2. The van der Waals surface area contributed by atoms with Crippen molar-refractivity contribution in [2.45, 2.75) is 0 Å². The molecule has 0 spiro atoms. The van der Waals surface area contributed by atoms with Crippen molar-refractivity contribution >= 4 is 22.4 Å². The molecule has 0 aliphatic carbocycles. The predicted octanol–water partition coefficient (Wildman–Crippen LogP) is 3.65. The molecule has 3 aromatic rings. The van der Waals surface area contributed by atoms with Crippen LogP contribution < -0.4 is 16.2 Å². The molecule has 2 aromatic carbocycles. The molecule has 3 rings (SSSR count). The first kappa shape index (κ1) is 17.3. The molecule has 7 heteroatoms. The Kier molecular flexibility index (Phi) is 4.79.